The van der Waals surface area contributed by atoms with Crippen LogP contribution in [0, 0.1) is 11.6 Å². The number of aliphatic carboxylic acids is 1. The van der Waals surface area contributed by atoms with Crippen LogP contribution in [0.2, 0.25) is 0 Å². The first-order valence-corrected chi connectivity index (χ1v) is 15.5. The number of aliphatic hydroxyl groups is 1. The molecule has 1 heterocycles. The number of pyridine rings is 1. The van der Waals surface area contributed by atoms with Gasteiger partial charge >= 0.3 is 12.1 Å². The first-order chi connectivity index (χ1) is 20.9. The van der Waals surface area contributed by atoms with E-state index in [0.717, 1.165) is 23.5 Å². The largest absolute Gasteiger partial charge is 0.481 e. The molecule has 14 heteroatoms. The lowest BCUT2D eigenvalue weighted by atomic mass is 9.95. The second-order valence-corrected chi connectivity index (χ2v) is 13.5. The average Bonchev–Trinajstić information content (AvgIpc) is 2.96. The number of nitrogens with zero attached hydrogens (tertiary/aromatic N) is 2. The van der Waals surface area contributed by atoms with Gasteiger partial charge in [-0.05, 0) is 75.1 Å². The second-order valence-electron chi connectivity index (χ2n) is 11.4. The van der Waals surface area contributed by atoms with E-state index in [1.165, 1.54) is 36.5 Å². The molecule has 0 aliphatic heterocycles. The van der Waals surface area contributed by atoms with E-state index in [4.69, 9.17) is 5.11 Å². The molecule has 0 aliphatic carbocycles. The molecule has 0 radical (unpaired) electrons. The molecule has 3 aromatic rings. The fourth-order valence-corrected chi connectivity index (χ4v) is 5.94. The predicted octanol–water partition coefficient (Wildman–Crippen LogP) is 5.44. The third kappa shape index (κ3) is 10.3. The molecule has 0 fully saturated rings. The van der Waals surface area contributed by atoms with Crippen LogP contribution in [0.5, 0.6) is 0 Å². The molecular formula is C31H36F5N3O5S. The molecule has 1 unspecified atom stereocenters. The van der Waals surface area contributed by atoms with Crippen LogP contribution >= 0.6 is 0 Å². The number of hydrogen-bond donors (Lipinski definition) is 3. The number of carboxylic acid groups (broad SMARTS) is 1. The number of hydrogen-bond acceptors (Lipinski definition) is 6. The smallest absolute Gasteiger partial charge is 0.416 e. The molecule has 45 heavy (non-hydrogen) atoms. The number of alkyl halides is 3. The van der Waals surface area contributed by atoms with Gasteiger partial charge in [0.05, 0.1) is 23.0 Å². The lowest BCUT2D eigenvalue weighted by molar-refractivity contribution is -0.138. The second kappa shape index (κ2) is 14.8. The summed E-state index contributed by atoms with van der Waals surface area (Å²) in [6.45, 7) is 3.14. The van der Waals surface area contributed by atoms with Crippen LogP contribution in [0.15, 0.2) is 59.6 Å². The highest BCUT2D eigenvalue weighted by Gasteiger charge is 2.34. The molecule has 3 rings (SSSR count). The molecule has 0 aliphatic rings. The zero-order valence-electron chi connectivity index (χ0n) is 25.0. The number of sulfonamides is 1. The number of rotatable bonds is 15. The maximum atomic E-state index is 13.9. The number of benzene rings is 2. The summed E-state index contributed by atoms with van der Waals surface area (Å²) in [7, 11) is -3.35. The van der Waals surface area contributed by atoms with Crippen molar-refractivity contribution in [3.63, 3.8) is 0 Å². The van der Waals surface area contributed by atoms with E-state index in [2.05, 4.69) is 10.3 Å². The topological polar surface area (TPSA) is 120 Å². The summed E-state index contributed by atoms with van der Waals surface area (Å²) in [5, 5.41) is 22.5. The van der Waals surface area contributed by atoms with Crippen LogP contribution in [-0.4, -0.2) is 65.7 Å². The summed E-state index contributed by atoms with van der Waals surface area (Å²) in [6.07, 6.45) is -3.84. The Hall–Kier alpha value is -3.46. The number of carboxylic acids is 1. The number of halogens is 5. The first-order valence-electron chi connectivity index (χ1n) is 14.1. The molecule has 246 valence electrons. The Morgan fingerprint density at radius 3 is 2.27 bits per heavy atom. The van der Waals surface area contributed by atoms with Crippen molar-refractivity contribution in [1.82, 2.24) is 14.6 Å². The van der Waals surface area contributed by atoms with Gasteiger partial charge in [0.15, 0.2) is 0 Å². The van der Waals surface area contributed by atoms with Crippen LogP contribution in [-0.2, 0) is 33.8 Å². The Morgan fingerprint density at radius 2 is 1.69 bits per heavy atom. The number of likely N-dealkylation sites (N-methyl/N-ethyl adjacent to an activating group) is 1. The van der Waals surface area contributed by atoms with E-state index in [1.807, 2.05) is 13.8 Å². The molecule has 1 atom stereocenters. The zero-order valence-corrected chi connectivity index (χ0v) is 25.9. The number of carbonyl (C=O) groups is 1. The number of aryl methyl sites for hydroxylation is 1. The van der Waals surface area contributed by atoms with Crippen molar-refractivity contribution in [2.24, 2.45) is 0 Å². The minimum absolute atomic E-state index is 0.0121. The van der Waals surface area contributed by atoms with Crippen molar-refractivity contribution < 1.29 is 45.4 Å². The van der Waals surface area contributed by atoms with Crippen LogP contribution in [0.4, 0.5) is 22.0 Å². The Labute approximate surface area is 259 Å². The van der Waals surface area contributed by atoms with E-state index in [0.29, 0.717) is 24.6 Å². The normalized spacial score (nSPS) is 13.3. The lowest BCUT2D eigenvalue weighted by Crippen LogP contribution is -2.46. The SMILES string of the molecule is CN(CC(O)CNC(C)(C)CCCc1c(F)cccc1F)S(=O)(=O)c1cc(-c2ccc(CCC(=O)O)nc2)cc(C(F)(F)F)c1. The number of aliphatic hydroxyl groups excluding tert-OH is 1. The van der Waals surface area contributed by atoms with E-state index < -0.39 is 62.4 Å². The van der Waals surface area contributed by atoms with Gasteiger partial charge in [-0.2, -0.15) is 17.5 Å². The number of nitrogens with one attached hydrogen (secondary N) is 1. The van der Waals surface area contributed by atoms with Crippen molar-refractivity contribution in [3.05, 3.63) is 83.2 Å². The summed E-state index contributed by atoms with van der Waals surface area (Å²) in [5.41, 5.74) is -1.25. The zero-order chi connectivity index (χ0) is 33.6. The first kappa shape index (κ1) is 36.0. The van der Waals surface area contributed by atoms with Crippen LogP contribution in [0.1, 0.15) is 49.9 Å². The van der Waals surface area contributed by atoms with E-state index in [1.54, 1.807) is 0 Å². The summed E-state index contributed by atoms with van der Waals surface area (Å²) in [4.78, 5) is 14.2. The molecule has 0 saturated heterocycles. The van der Waals surface area contributed by atoms with Crippen LogP contribution in [0.3, 0.4) is 0 Å². The maximum Gasteiger partial charge on any atom is 0.416 e. The Morgan fingerprint density at radius 1 is 1.02 bits per heavy atom. The number of aromatic nitrogens is 1. The summed E-state index contributed by atoms with van der Waals surface area (Å²) in [6, 6.07) is 8.96. The quantitative estimate of drug-likeness (QED) is 0.186. The van der Waals surface area contributed by atoms with Gasteiger partial charge in [0.25, 0.3) is 0 Å². The molecule has 2 aromatic carbocycles. The summed E-state index contributed by atoms with van der Waals surface area (Å²) < 4.78 is 96.6. The monoisotopic (exact) mass is 657 g/mol. The fraction of sp³-hybridized carbons (Fsp3) is 0.419. The van der Waals surface area contributed by atoms with Crippen LogP contribution < -0.4 is 5.32 Å². The van der Waals surface area contributed by atoms with Gasteiger partial charge in [-0.1, -0.05) is 12.1 Å². The summed E-state index contributed by atoms with van der Waals surface area (Å²) in [5.74, 6) is -2.29. The fourth-order valence-electron chi connectivity index (χ4n) is 4.66. The van der Waals surface area contributed by atoms with Crippen molar-refractivity contribution in [2.75, 3.05) is 20.1 Å². The molecule has 0 amide bonds. The Bertz CT molecular complexity index is 1560. The average molecular weight is 658 g/mol. The van der Waals surface area contributed by atoms with Crippen molar-refractivity contribution in [2.45, 2.75) is 68.7 Å². The molecule has 0 spiro atoms. The van der Waals surface area contributed by atoms with Crippen LogP contribution in [0.25, 0.3) is 11.1 Å². The maximum absolute atomic E-state index is 13.9. The van der Waals surface area contributed by atoms with Gasteiger partial charge in [-0.3, -0.25) is 9.78 Å². The Kier molecular flexibility index (Phi) is 11.8. The standard InChI is InChI=1S/C31H36F5N3O5S/c1-30(2,13-5-6-26-27(32)7-4-8-28(26)33)38-18-24(40)19-39(3)45(43,44)25-15-21(14-22(16-25)31(34,35)36)20-9-10-23(37-17-20)11-12-29(41)42/h4,7-10,14-17,24,38,40H,5-6,11-13,18-19H2,1-3H3,(H,41,42). The highest BCUT2D eigenvalue weighted by molar-refractivity contribution is 7.89. The van der Waals surface area contributed by atoms with E-state index in [-0.39, 0.29) is 42.5 Å². The van der Waals surface area contributed by atoms with Crippen molar-refractivity contribution in [1.29, 1.82) is 0 Å². The van der Waals surface area contributed by atoms with E-state index >= 15 is 0 Å². The highest BCUT2D eigenvalue weighted by Crippen LogP contribution is 2.35. The molecule has 1 aromatic heterocycles. The Balaban J connectivity index is 1.69. The third-order valence-corrected chi connectivity index (χ3v) is 9.07. The van der Waals surface area contributed by atoms with Crippen molar-refractivity contribution >= 4 is 16.0 Å². The van der Waals surface area contributed by atoms with Gasteiger partial charge in [-0.15, -0.1) is 0 Å². The van der Waals surface area contributed by atoms with Gasteiger partial charge < -0.3 is 15.5 Å². The minimum atomic E-state index is -4.86. The molecular weight excluding hydrogens is 621 g/mol. The lowest BCUT2D eigenvalue weighted by Gasteiger charge is -2.29. The van der Waals surface area contributed by atoms with Gasteiger partial charge in [0.2, 0.25) is 10.0 Å². The molecule has 0 bridgehead atoms. The minimum Gasteiger partial charge on any atom is -0.481 e. The number of β-amino-alcohol motifs (C(OH)–C–C–N with tert-alkyl or cyclic N) is 1. The van der Waals surface area contributed by atoms with Gasteiger partial charge in [0, 0.05) is 55.1 Å². The molecule has 0 saturated carbocycles. The predicted molar refractivity (Wildman–Crippen MR) is 158 cm³/mol. The molecule has 3 N–H and O–H groups in total. The van der Waals surface area contributed by atoms with Crippen molar-refractivity contribution in [3.8, 4) is 11.1 Å². The highest BCUT2D eigenvalue weighted by atomic mass is 32.2. The summed E-state index contributed by atoms with van der Waals surface area (Å²) >= 11 is 0. The molecule has 8 nitrogen and oxygen atoms in total. The third-order valence-electron chi connectivity index (χ3n) is 7.27. The van der Waals surface area contributed by atoms with Gasteiger partial charge in [-0.25, -0.2) is 17.2 Å². The van der Waals surface area contributed by atoms with Gasteiger partial charge in [0.1, 0.15) is 11.6 Å². The van der Waals surface area contributed by atoms with E-state index in [9.17, 15) is 40.3 Å².